The van der Waals surface area contributed by atoms with Crippen LogP contribution >= 0.6 is 0 Å². The molecule has 0 aliphatic rings. The Hall–Kier alpha value is -2.53. The molecule has 0 saturated carbocycles. The van der Waals surface area contributed by atoms with Crippen LogP contribution in [0.1, 0.15) is 12.5 Å². The molecule has 0 unspecified atom stereocenters. The SMILES string of the molecule is Cc1ccc(NC(=O)[C@@](C)(O)COc2ccc(N)cc2)cc1. The molecule has 1 atom stereocenters. The lowest BCUT2D eigenvalue weighted by Crippen LogP contribution is -2.45. The number of anilines is 2. The second-order valence-corrected chi connectivity index (χ2v) is 5.45. The third-order valence-corrected chi connectivity index (χ3v) is 3.20. The van der Waals surface area contributed by atoms with E-state index in [1.165, 1.54) is 6.92 Å². The van der Waals surface area contributed by atoms with Crippen LogP contribution in [-0.2, 0) is 4.79 Å². The van der Waals surface area contributed by atoms with Gasteiger partial charge in [-0.1, -0.05) is 17.7 Å². The predicted octanol–water partition coefficient (Wildman–Crippen LogP) is 2.35. The topological polar surface area (TPSA) is 84.6 Å². The lowest BCUT2D eigenvalue weighted by atomic mass is 10.1. The van der Waals surface area contributed by atoms with Crippen LogP contribution in [0.25, 0.3) is 0 Å². The molecule has 4 N–H and O–H groups in total. The maximum atomic E-state index is 12.1. The smallest absolute Gasteiger partial charge is 0.259 e. The third-order valence-electron chi connectivity index (χ3n) is 3.20. The van der Waals surface area contributed by atoms with Gasteiger partial charge >= 0.3 is 0 Å². The Bertz CT molecular complexity index is 634. The second kappa shape index (κ2) is 6.49. The van der Waals surface area contributed by atoms with Crippen LogP contribution in [-0.4, -0.2) is 23.2 Å². The summed E-state index contributed by atoms with van der Waals surface area (Å²) in [6.07, 6.45) is 0. The highest BCUT2D eigenvalue weighted by Gasteiger charge is 2.31. The summed E-state index contributed by atoms with van der Waals surface area (Å²) in [5.41, 5.74) is 6.28. The summed E-state index contributed by atoms with van der Waals surface area (Å²) in [5, 5.41) is 12.9. The molecular weight excluding hydrogens is 280 g/mol. The van der Waals surface area contributed by atoms with Gasteiger partial charge in [0.05, 0.1) is 0 Å². The molecule has 5 heteroatoms. The Balaban J connectivity index is 1.95. The highest BCUT2D eigenvalue weighted by Crippen LogP contribution is 2.17. The van der Waals surface area contributed by atoms with Crippen molar-refractivity contribution in [2.45, 2.75) is 19.4 Å². The number of rotatable bonds is 5. The van der Waals surface area contributed by atoms with Gasteiger partial charge < -0.3 is 20.9 Å². The molecule has 2 rings (SSSR count). The van der Waals surface area contributed by atoms with Gasteiger partial charge in [0.15, 0.2) is 5.60 Å². The molecule has 0 bridgehead atoms. The molecule has 0 radical (unpaired) electrons. The van der Waals surface area contributed by atoms with Crippen LogP contribution in [0.5, 0.6) is 5.75 Å². The predicted molar refractivity (Wildman–Crippen MR) is 86.8 cm³/mol. The van der Waals surface area contributed by atoms with Crippen LogP contribution in [0.15, 0.2) is 48.5 Å². The molecule has 2 aromatic rings. The van der Waals surface area contributed by atoms with Crippen molar-refractivity contribution in [3.05, 3.63) is 54.1 Å². The summed E-state index contributed by atoms with van der Waals surface area (Å²) in [7, 11) is 0. The fraction of sp³-hybridized carbons (Fsp3) is 0.235. The van der Waals surface area contributed by atoms with E-state index in [0.717, 1.165) is 5.56 Å². The second-order valence-electron chi connectivity index (χ2n) is 5.45. The number of nitrogens with two attached hydrogens (primary N) is 1. The van der Waals surface area contributed by atoms with E-state index in [4.69, 9.17) is 10.5 Å². The first-order chi connectivity index (χ1) is 10.4. The average Bonchev–Trinajstić information content (AvgIpc) is 2.49. The summed E-state index contributed by atoms with van der Waals surface area (Å²) in [6.45, 7) is 3.21. The minimum atomic E-state index is -1.65. The van der Waals surface area contributed by atoms with E-state index in [-0.39, 0.29) is 6.61 Å². The largest absolute Gasteiger partial charge is 0.490 e. The van der Waals surface area contributed by atoms with Crippen LogP contribution in [0.2, 0.25) is 0 Å². The summed E-state index contributed by atoms with van der Waals surface area (Å²) in [4.78, 5) is 12.1. The molecule has 1 amide bonds. The number of aryl methyl sites for hydroxylation is 1. The van der Waals surface area contributed by atoms with Crippen LogP contribution in [0, 0.1) is 6.92 Å². The number of amides is 1. The van der Waals surface area contributed by atoms with Gasteiger partial charge in [0, 0.05) is 11.4 Å². The highest BCUT2D eigenvalue weighted by molar-refractivity contribution is 5.96. The average molecular weight is 300 g/mol. The lowest BCUT2D eigenvalue weighted by molar-refractivity contribution is -0.135. The molecule has 0 heterocycles. The number of hydrogen-bond acceptors (Lipinski definition) is 4. The summed E-state index contributed by atoms with van der Waals surface area (Å²) >= 11 is 0. The van der Waals surface area contributed by atoms with Crippen LogP contribution in [0.4, 0.5) is 11.4 Å². The van der Waals surface area contributed by atoms with Crippen LogP contribution < -0.4 is 15.8 Å². The molecule has 5 nitrogen and oxygen atoms in total. The Labute approximate surface area is 129 Å². The number of nitrogens with one attached hydrogen (secondary N) is 1. The van der Waals surface area contributed by atoms with Gasteiger partial charge in [-0.15, -0.1) is 0 Å². The minimum Gasteiger partial charge on any atom is -0.490 e. The van der Waals surface area contributed by atoms with Crippen molar-refractivity contribution in [2.24, 2.45) is 0 Å². The molecule has 0 saturated heterocycles. The van der Waals surface area contributed by atoms with E-state index in [1.807, 2.05) is 19.1 Å². The normalized spacial score (nSPS) is 13.2. The van der Waals surface area contributed by atoms with Crippen molar-refractivity contribution in [1.29, 1.82) is 0 Å². The van der Waals surface area contributed by atoms with Gasteiger partial charge in [0.2, 0.25) is 0 Å². The van der Waals surface area contributed by atoms with Gasteiger partial charge in [-0.05, 0) is 50.2 Å². The molecule has 0 aromatic heterocycles. The first-order valence-corrected chi connectivity index (χ1v) is 6.96. The number of carbonyl (C=O) groups excluding carboxylic acids is 1. The molecule has 2 aromatic carbocycles. The lowest BCUT2D eigenvalue weighted by Gasteiger charge is -2.22. The van der Waals surface area contributed by atoms with Gasteiger partial charge in [-0.3, -0.25) is 4.79 Å². The first kappa shape index (κ1) is 15.9. The zero-order chi connectivity index (χ0) is 16.2. The number of nitrogen functional groups attached to an aromatic ring is 1. The van der Waals surface area contributed by atoms with Crippen molar-refractivity contribution in [2.75, 3.05) is 17.7 Å². The Morgan fingerprint density at radius 1 is 1.18 bits per heavy atom. The quantitative estimate of drug-likeness (QED) is 0.740. The van der Waals surface area contributed by atoms with Gasteiger partial charge in [-0.25, -0.2) is 0 Å². The van der Waals surface area contributed by atoms with Gasteiger partial charge in [0.25, 0.3) is 5.91 Å². The van der Waals surface area contributed by atoms with E-state index in [1.54, 1.807) is 36.4 Å². The van der Waals surface area contributed by atoms with Crippen LogP contribution in [0.3, 0.4) is 0 Å². The molecule has 0 spiro atoms. The monoisotopic (exact) mass is 300 g/mol. The fourth-order valence-electron chi connectivity index (χ4n) is 1.76. The number of aliphatic hydroxyl groups is 1. The van der Waals surface area contributed by atoms with Crippen molar-refractivity contribution in [3.8, 4) is 5.75 Å². The van der Waals surface area contributed by atoms with E-state index in [9.17, 15) is 9.90 Å². The Kier molecular flexibility index (Phi) is 4.68. The molecular formula is C17H20N2O3. The molecule has 116 valence electrons. The van der Waals surface area contributed by atoms with Crippen molar-refractivity contribution in [3.63, 3.8) is 0 Å². The zero-order valence-corrected chi connectivity index (χ0v) is 12.7. The number of carbonyl (C=O) groups is 1. The first-order valence-electron chi connectivity index (χ1n) is 6.96. The molecule has 0 aliphatic carbocycles. The maximum Gasteiger partial charge on any atom is 0.259 e. The zero-order valence-electron chi connectivity index (χ0n) is 12.7. The third kappa shape index (κ3) is 4.23. The Morgan fingerprint density at radius 3 is 2.36 bits per heavy atom. The molecule has 0 aliphatic heterocycles. The van der Waals surface area contributed by atoms with Gasteiger partial charge in [-0.2, -0.15) is 0 Å². The molecule has 0 fully saturated rings. The number of ether oxygens (including phenoxy) is 1. The van der Waals surface area contributed by atoms with E-state index < -0.39 is 11.5 Å². The summed E-state index contributed by atoms with van der Waals surface area (Å²) < 4.78 is 5.44. The summed E-state index contributed by atoms with van der Waals surface area (Å²) in [5.74, 6) is 0.0180. The number of hydrogen-bond donors (Lipinski definition) is 3. The fourth-order valence-corrected chi connectivity index (χ4v) is 1.76. The number of benzene rings is 2. The Morgan fingerprint density at radius 2 is 1.77 bits per heavy atom. The van der Waals surface area contributed by atoms with E-state index in [0.29, 0.717) is 17.1 Å². The van der Waals surface area contributed by atoms with E-state index in [2.05, 4.69) is 5.32 Å². The van der Waals surface area contributed by atoms with E-state index >= 15 is 0 Å². The van der Waals surface area contributed by atoms with Crippen molar-refractivity contribution in [1.82, 2.24) is 0 Å². The maximum absolute atomic E-state index is 12.1. The highest BCUT2D eigenvalue weighted by atomic mass is 16.5. The van der Waals surface area contributed by atoms with Crippen molar-refractivity contribution < 1.29 is 14.6 Å². The molecule has 22 heavy (non-hydrogen) atoms. The van der Waals surface area contributed by atoms with Crippen molar-refractivity contribution >= 4 is 17.3 Å². The standard InChI is InChI=1S/C17H20N2O3/c1-12-3-7-14(8-4-12)19-16(20)17(2,21)11-22-15-9-5-13(18)6-10-15/h3-10,21H,11,18H2,1-2H3,(H,19,20)/t17-/m0/s1. The summed E-state index contributed by atoms with van der Waals surface area (Å²) in [6, 6.07) is 14.1. The minimum absolute atomic E-state index is 0.158. The van der Waals surface area contributed by atoms with Gasteiger partial charge in [0.1, 0.15) is 12.4 Å².